The molecule has 402 valence electrons. The molecule has 0 aliphatic rings. The minimum absolute atomic E-state index is 1.25. The summed E-state index contributed by atoms with van der Waals surface area (Å²) in [6.07, 6.45) is 80.2. The SMILES string of the molecule is CCCCCCCCCCCCCCCCCCCCCCCCCCCCSc1cc(CCCC)cc(SCCCCCCCCCCCCCCCCCCCCCCCCCCCC)c1. The van der Waals surface area contributed by atoms with Gasteiger partial charge in [-0.3, -0.25) is 0 Å². The van der Waals surface area contributed by atoms with Crippen molar-refractivity contribution in [2.45, 2.75) is 384 Å². The predicted octanol–water partition coefficient (Wildman–Crippen LogP) is 25.5. The molecule has 0 fully saturated rings. The summed E-state index contributed by atoms with van der Waals surface area (Å²) in [5.74, 6) is 2.58. The van der Waals surface area contributed by atoms with Gasteiger partial charge in [-0.1, -0.05) is 348 Å². The van der Waals surface area contributed by atoms with E-state index in [-0.39, 0.29) is 0 Å². The van der Waals surface area contributed by atoms with Crippen LogP contribution in [0.3, 0.4) is 0 Å². The van der Waals surface area contributed by atoms with Crippen LogP contribution in [0.4, 0.5) is 0 Å². The van der Waals surface area contributed by atoms with Crippen molar-refractivity contribution in [3.8, 4) is 0 Å². The minimum atomic E-state index is 1.25. The largest absolute Gasteiger partial charge is 0.126 e. The van der Waals surface area contributed by atoms with Crippen LogP contribution in [-0.4, -0.2) is 11.5 Å². The Kier molecular flexibility index (Phi) is 56.1. The van der Waals surface area contributed by atoms with Crippen molar-refractivity contribution in [3.05, 3.63) is 23.8 Å². The molecule has 0 unspecified atom stereocenters. The number of rotatable bonds is 59. The summed E-state index contributed by atoms with van der Waals surface area (Å²) in [6, 6.07) is 7.56. The van der Waals surface area contributed by atoms with Crippen molar-refractivity contribution < 1.29 is 0 Å². The van der Waals surface area contributed by atoms with Gasteiger partial charge in [0, 0.05) is 9.79 Å². The molecule has 0 heterocycles. The van der Waals surface area contributed by atoms with Crippen molar-refractivity contribution in [1.29, 1.82) is 0 Å². The summed E-state index contributed by atoms with van der Waals surface area (Å²) < 4.78 is 0. The molecule has 0 nitrogen and oxygen atoms in total. The maximum absolute atomic E-state index is 2.52. The number of unbranched alkanes of at least 4 members (excludes halogenated alkanes) is 51. The van der Waals surface area contributed by atoms with E-state index >= 15 is 0 Å². The first kappa shape index (κ1) is 65.9. The van der Waals surface area contributed by atoms with Gasteiger partial charge in [0.15, 0.2) is 0 Å². The van der Waals surface area contributed by atoms with E-state index in [1.807, 2.05) is 0 Å². The Morgan fingerprint density at radius 1 is 0.206 bits per heavy atom. The average Bonchev–Trinajstić information content (AvgIpc) is 3.35. The highest BCUT2D eigenvalue weighted by molar-refractivity contribution is 8.00. The molecule has 0 atom stereocenters. The quantitative estimate of drug-likeness (QED) is 0.0471. The second-order valence-electron chi connectivity index (χ2n) is 22.3. The third-order valence-corrected chi connectivity index (χ3v) is 17.4. The van der Waals surface area contributed by atoms with Crippen LogP contribution in [0.5, 0.6) is 0 Å². The van der Waals surface area contributed by atoms with E-state index in [4.69, 9.17) is 0 Å². The van der Waals surface area contributed by atoms with Gasteiger partial charge in [-0.05, 0) is 61.0 Å². The van der Waals surface area contributed by atoms with Gasteiger partial charge >= 0.3 is 0 Å². The second-order valence-corrected chi connectivity index (χ2v) is 24.6. The van der Waals surface area contributed by atoms with Crippen LogP contribution in [0, 0.1) is 0 Å². The summed E-state index contributed by atoms with van der Waals surface area (Å²) >= 11 is 4.26. The molecule has 0 amide bonds. The van der Waals surface area contributed by atoms with Gasteiger partial charge in [0.1, 0.15) is 0 Å². The highest BCUT2D eigenvalue weighted by Crippen LogP contribution is 2.30. The summed E-state index contributed by atoms with van der Waals surface area (Å²) in [7, 11) is 0. The van der Waals surface area contributed by atoms with Gasteiger partial charge in [-0.25, -0.2) is 0 Å². The number of aryl methyl sites for hydroxylation is 1. The molecule has 0 saturated carbocycles. The standard InChI is InChI=1S/C66H126S2/c1-4-7-10-12-14-16-18-20-22-24-26-28-30-32-34-36-38-40-42-44-46-48-50-52-54-56-59-67-65-61-64(58-9-6-3)62-66(63-65)68-60-57-55-53-51-49-47-45-43-41-39-37-35-33-31-29-27-25-23-21-19-17-15-13-11-8-5-2/h61-63H,4-60H2,1-3H3. The first-order valence-electron chi connectivity index (χ1n) is 32.2. The molecule has 0 radical (unpaired) electrons. The van der Waals surface area contributed by atoms with Crippen LogP contribution in [0.25, 0.3) is 0 Å². The monoisotopic (exact) mass is 983 g/mol. The maximum Gasteiger partial charge on any atom is 0.00858 e. The summed E-state index contributed by atoms with van der Waals surface area (Å²) in [5, 5.41) is 0. The Balaban J connectivity index is 1.90. The van der Waals surface area contributed by atoms with Crippen LogP contribution in [0.2, 0.25) is 0 Å². The normalized spacial score (nSPS) is 11.7. The van der Waals surface area contributed by atoms with Gasteiger partial charge in [0.2, 0.25) is 0 Å². The van der Waals surface area contributed by atoms with E-state index in [2.05, 4.69) is 62.5 Å². The van der Waals surface area contributed by atoms with Crippen LogP contribution >= 0.6 is 23.5 Å². The number of benzene rings is 1. The Hall–Kier alpha value is -0.0800. The fourth-order valence-corrected chi connectivity index (χ4v) is 12.7. The maximum atomic E-state index is 2.52. The Bertz CT molecular complexity index is 989. The van der Waals surface area contributed by atoms with Crippen molar-refractivity contribution in [1.82, 2.24) is 0 Å². The van der Waals surface area contributed by atoms with Crippen molar-refractivity contribution >= 4 is 23.5 Å². The first-order chi connectivity index (χ1) is 33.8. The van der Waals surface area contributed by atoms with E-state index < -0.39 is 0 Å². The second kappa shape index (κ2) is 57.8. The smallest absolute Gasteiger partial charge is 0.00858 e. The highest BCUT2D eigenvalue weighted by Gasteiger charge is 2.05. The molecule has 1 rings (SSSR count). The zero-order valence-electron chi connectivity index (χ0n) is 47.4. The van der Waals surface area contributed by atoms with Crippen LogP contribution in [0.1, 0.15) is 373 Å². The topological polar surface area (TPSA) is 0 Å². The zero-order chi connectivity index (χ0) is 48.6. The minimum Gasteiger partial charge on any atom is -0.126 e. The van der Waals surface area contributed by atoms with Crippen LogP contribution < -0.4 is 0 Å². The highest BCUT2D eigenvalue weighted by atomic mass is 32.2. The molecular formula is C66H126S2. The molecule has 1 aromatic rings. The van der Waals surface area contributed by atoms with Crippen LogP contribution in [-0.2, 0) is 6.42 Å². The van der Waals surface area contributed by atoms with Gasteiger partial charge in [-0.2, -0.15) is 0 Å². The first-order valence-corrected chi connectivity index (χ1v) is 34.2. The lowest BCUT2D eigenvalue weighted by Crippen LogP contribution is -1.90. The zero-order valence-corrected chi connectivity index (χ0v) is 49.0. The number of thioether (sulfide) groups is 2. The molecule has 0 aromatic heterocycles. The van der Waals surface area contributed by atoms with E-state index in [0.717, 1.165) is 0 Å². The molecule has 68 heavy (non-hydrogen) atoms. The lowest BCUT2D eigenvalue weighted by Gasteiger charge is -2.10. The Labute approximate surface area is 440 Å². The van der Waals surface area contributed by atoms with E-state index in [9.17, 15) is 0 Å². The number of hydrogen-bond acceptors (Lipinski definition) is 2. The van der Waals surface area contributed by atoms with E-state index in [0.29, 0.717) is 0 Å². The summed E-state index contributed by atoms with van der Waals surface area (Å²) in [6.45, 7) is 6.96. The molecule has 0 N–H and O–H groups in total. The van der Waals surface area contributed by atoms with Crippen molar-refractivity contribution in [3.63, 3.8) is 0 Å². The van der Waals surface area contributed by atoms with Crippen molar-refractivity contribution in [2.75, 3.05) is 11.5 Å². The summed E-state index contributed by atoms with van der Waals surface area (Å²) in [5.41, 5.74) is 1.58. The van der Waals surface area contributed by atoms with Crippen LogP contribution in [0.15, 0.2) is 28.0 Å². The Morgan fingerprint density at radius 2 is 0.382 bits per heavy atom. The molecule has 2 heteroatoms. The van der Waals surface area contributed by atoms with Gasteiger partial charge in [0.05, 0.1) is 0 Å². The molecule has 0 aliphatic heterocycles. The lowest BCUT2D eigenvalue weighted by molar-refractivity contribution is 0.516. The third-order valence-electron chi connectivity index (χ3n) is 15.3. The van der Waals surface area contributed by atoms with Gasteiger partial charge in [0.25, 0.3) is 0 Å². The fraction of sp³-hybridized carbons (Fsp3) is 0.909. The number of hydrogen-bond donors (Lipinski definition) is 0. The molecule has 0 spiro atoms. The molecule has 1 aromatic carbocycles. The molecule has 0 aliphatic carbocycles. The Morgan fingerprint density at radius 3 is 0.574 bits per heavy atom. The fourth-order valence-electron chi connectivity index (χ4n) is 10.5. The third kappa shape index (κ3) is 50.8. The summed E-state index contributed by atoms with van der Waals surface area (Å²) in [4.78, 5) is 3.07. The van der Waals surface area contributed by atoms with Gasteiger partial charge < -0.3 is 0 Å². The molecule has 0 saturated heterocycles. The lowest BCUT2D eigenvalue weighted by atomic mass is 10.0. The van der Waals surface area contributed by atoms with E-state index in [1.165, 1.54) is 374 Å². The molecular weight excluding hydrogens is 857 g/mol. The average molecular weight is 984 g/mol. The van der Waals surface area contributed by atoms with Gasteiger partial charge in [-0.15, -0.1) is 23.5 Å². The molecule has 0 bridgehead atoms. The van der Waals surface area contributed by atoms with E-state index in [1.54, 1.807) is 5.56 Å². The van der Waals surface area contributed by atoms with Crippen molar-refractivity contribution in [2.24, 2.45) is 0 Å². The predicted molar refractivity (Wildman–Crippen MR) is 318 cm³/mol.